The molecule has 1 N–H and O–H groups in total. The van der Waals surface area contributed by atoms with Gasteiger partial charge in [-0.1, -0.05) is 66.7 Å². The first-order chi connectivity index (χ1) is 23.3. The van der Waals surface area contributed by atoms with Crippen molar-refractivity contribution < 1.29 is 38.1 Å². The van der Waals surface area contributed by atoms with Crippen LogP contribution in [0.1, 0.15) is 85.4 Å². The van der Waals surface area contributed by atoms with E-state index in [0.29, 0.717) is 35.4 Å². The van der Waals surface area contributed by atoms with Crippen molar-refractivity contribution in [3.05, 3.63) is 125 Å². The van der Waals surface area contributed by atoms with E-state index in [-0.39, 0.29) is 31.1 Å². The number of benzene rings is 4. The lowest BCUT2D eigenvalue weighted by Crippen LogP contribution is -2.27. The smallest absolute Gasteiger partial charge is 0.412 e. The molecule has 0 aliphatic carbocycles. The van der Waals surface area contributed by atoms with Crippen LogP contribution < -0.4 is 14.8 Å². The summed E-state index contributed by atoms with van der Waals surface area (Å²) in [5.41, 5.74) is 2.17. The fourth-order valence-corrected chi connectivity index (χ4v) is 4.74. The summed E-state index contributed by atoms with van der Waals surface area (Å²) in [6.45, 7) is 11.3. The fraction of sp³-hybridized carbons (Fsp3) is 0.325. The lowest BCUT2D eigenvalue weighted by Gasteiger charge is -2.22. The number of ether oxygens (including phenoxy) is 5. The van der Waals surface area contributed by atoms with E-state index >= 15 is 0 Å². The molecule has 9 nitrogen and oxygen atoms in total. The minimum absolute atomic E-state index is 0.118. The number of esters is 2. The first-order valence-corrected chi connectivity index (χ1v) is 16.3. The van der Waals surface area contributed by atoms with Crippen LogP contribution in [0.4, 0.5) is 10.5 Å². The van der Waals surface area contributed by atoms with Gasteiger partial charge in [-0.2, -0.15) is 0 Å². The van der Waals surface area contributed by atoms with Crippen LogP contribution in [0.5, 0.6) is 11.5 Å². The first kappa shape index (κ1) is 36.5. The Bertz CT molecular complexity index is 1710. The molecule has 0 aliphatic rings. The van der Waals surface area contributed by atoms with E-state index in [2.05, 4.69) is 5.32 Å². The molecule has 4 rings (SSSR count). The Morgan fingerprint density at radius 3 is 1.90 bits per heavy atom. The second-order valence-electron chi connectivity index (χ2n) is 13.4. The van der Waals surface area contributed by atoms with Gasteiger partial charge in [0.2, 0.25) is 0 Å². The zero-order chi connectivity index (χ0) is 35.4. The van der Waals surface area contributed by atoms with Gasteiger partial charge >= 0.3 is 18.0 Å². The number of hydrogen-bond acceptors (Lipinski definition) is 8. The molecule has 258 valence electrons. The van der Waals surface area contributed by atoms with Crippen molar-refractivity contribution in [1.82, 2.24) is 0 Å². The third kappa shape index (κ3) is 12.0. The monoisotopic (exact) mass is 667 g/mol. The highest BCUT2D eigenvalue weighted by Gasteiger charge is 2.24. The molecule has 0 radical (unpaired) electrons. The fourth-order valence-electron chi connectivity index (χ4n) is 4.74. The highest BCUT2D eigenvalue weighted by molar-refractivity contribution is 5.94. The number of carbonyl (C=O) groups is 3. The van der Waals surface area contributed by atoms with Crippen molar-refractivity contribution in [2.75, 3.05) is 11.9 Å². The molecule has 9 heteroatoms. The maximum atomic E-state index is 13.2. The molecule has 0 fully saturated rings. The largest absolute Gasteiger partial charge is 0.489 e. The van der Waals surface area contributed by atoms with E-state index in [1.807, 2.05) is 60.7 Å². The van der Waals surface area contributed by atoms with Gasteiger partial charge in [0, 0.05) is 5.69 Å². The van der Waals surface area contributed by atoms with E-state index in [1.165, 1.54) is 0 Å². The quantitative estimate of drug-likeness (QED) is 0.0855. The molecule has 4 aromatic carbocycles. The summed E-state index contributed by atoms with van der Waals surface area (Å²) in [5.74, 6) is -0.344. The van der Waals surface area contributed by atoms with Crippen molar-refractivity contribution >= 4 is 23.7 Å². The van der Waals surface area contributed by atoms with Crippen molar-refractivity contribution in [2.45, 2.75) is 78.8 Å². The average molecular weight is 668 g/mol. The summed E-state index contributed by atoms with van der Waals surface area (Å²) in [7, 11) is 0. The van der Waals surface area contributed by atoms with Crippen molar-refractivity contribution in [3.8, 4) is 11.5 Å². The van der Waals surface area contributed by atoms with E-state index in [0.717, 1.165) is 11.1 Å². The minimum Gasteiger partial charge on any atom is -0.489 e. The minimum atomic E-state index is -0.709. The van der Waals surface area contributed by atoms with Crippen LogP contribution in [0.3, 0.4) is 0 Å². The topological polar surface area (TPSA) is 109 Å². The van der Waals surface area contributed by atoms with Crippen LogP contribution in [-0.4, -0.2) is 35.8 Å². The predicted octanol–water partition coefficient (Wildman–Crippen LogP) is 8.94. The standard InChI is InChI=1S/C40H45NO8/c1-39(2,3)48-37(43)33-20-13-21-34(46-26-28-15-9-7-10-16-28)35(33)45-24-14-19-30-25-31(41-38(44)49-40(4,5)6)22-23-32(30)36(42)47-27-29-17-11-8-12-18-29/h7-13,15-18,20-23,25H,14,19,24,26-27H2,1-6H3,(H,41,44). The van der Waals surface area contributed by atoms with Gasteiger partial charge in [-0.05, 0) is 101 Å². The Morgan fingerprint density at radius 1 is 0.633 bits per heavy atom. The zero-order valence-electron chi connectivity index (χ0n) is 29.0. The maximum absolute atomic E-state index is 13.2. The summed E-state index contributed by atoms with van der Waals surface area (Å²) >= 11 is 0. The summed E-state index contributed by atoms with van der Waals surface area (Å²) < 4.78 is 29.0. The molecule has 0 spiro atoms. The highest BCUT2D eigenvalue weighted by atomic mass is 16.6. The Balaban J connectivity index is 1.52. The van der Waals surface area contributed by atoms with E-state index in [9.17, 15) is 14.4 Å². The highest BCUT2D eigenvalue weighted by Crippen LogP contribution is 2.34. The second-order valence-corrected chi connectivity index (χ2v) is 13.4. The Labute approximate surface area is 288 Å². The van der Waals surface area contributed by atoms with E-state index in [4.69, 9.17) is 23.7 Å². The maximum Gasteiger partial charge on any atom is 0.412 e. The SMILES string of the molecule is CC(C)(C)OC(=O)Nc1ccc(C(=O)OCc2ccccc2)c(CCCOc2c(OCc3ccccc3)cccc2C(=O)OC(C)(C)C)c1. The van der Waals surface area contributed by atoms with Gasteiger partial charge in [0.05, 0.1) is 12.2 Å². The van der Waals surface area contributed by atoms with E-state index in [1.54, 1.807) is 77.9 Å². The average Bonchev–Trinajstić information content (AvgIpc) is 3.04. The van der Waals surface area contributed by atoms with Gasteiger partial charge in [-0.25, -0.2) is 14.4 Å². The number of carbonyl (C=O) groups excluding carboxylic acids is 3. The van der Waals surface area contributed by atoms with Crippen LogP contribution in [0.25, 0.3) is 0 Å². The third-order valence-corrected chi connectivity index (χ3v) is 6.85. The number of anilines is 1. The number of para-hydroxylation sites is 1. The molecule has 0 saturated heterocycles. The van der Waals surface area contributed by atoms with Crippen LogP contribution in [0, 0.1) is 0 Å². The summed E-state index contributed by atoms with van der Waals surface area (Å²) in [6, 6.07) is 29.2. The van der Waals surface area contributed by atoms with Crippen molar-refractivity contribution in [2.24, 2.45) is 0 Å². The number of nitrogens with one attached hydrogen (secondary N) is 1. The van der Waals surface area contributed by atoms with Gasteiger partial charge in [0.15, 0.2) is 11.5 Å². The lowest BCUT2D eigenvalue weighted by molar-refractivity contribution is 0.00643. The van der Waals surface area contributed by atoms with Gasteiger partial charge in [0.1, 0.15) is 30.0 Å². The first-order valence-electron chi connectivity index (χ1n) is 16.3. The summed E-state index contributed by atoms with van der Waals surface area (Å²) in [6.07, 6.45) is 0.243. The van der Waals surface area contributed by atoms with E-state index < -0.39 is 29.2 Å². The Morgan fingerprint density at radius 2 is 1.27 bits per heavy atom. The van der Waals surface area contributed by atoms with Gasteiger partial charge in [0.25, 0.3) is 0 Å². The lowest BCUT2D eigenvalue weighted by atomic mass is 10.0. The normalized spacial score (nSPS) is 11.3. The van der Waals surface area contributed by atoms with Crippen molar-refractivity contribution in [3.63, 3.8) is 0 Å². The number of aryl methyl sites for hydroxylation is 1. The molecule has 0 atom stereocenters. The molecule has 0 unspecified atom stereocenters. The van der Waals surface area contributed by atoms with Crippen LogP contribution >= 0.6 is 0 Å². The Kier molecular flexibility index (Phi) is 12.4. The second kappa shape index (κ2) is 16.7. The number of amides is 1. The summed E-state index contributed by atoms with van der Waals surface area (Å²) in [4.78, 5) is 38.9. The molecule has 4 aromatic rings. The molecule has 1 amide bonds. The van der Waals surface area contributed by atoms with Crippen molar-refractivity contribution in [1.29, 1.82) is 0 Å². The molecular formula is C40H45NO8. The Hall–Kier alpha value is -5.31. The van der Waals surface area contributed by atoms with Crippen LogP contribution in [0.2, 0.25) is 0 Å². The molecular weight excluding hydrogens is 622 g/mol. The number of rotatable bonds is 13. The molecule has 0 bridgehead atoms. The van der Waals surface area contributed by atoms with Gasteiger partial charge in [-0.3, -0.25) is 5.32 Å². The van der Waals surface area contributed by atoms with Gasteiger partial charge < -0.3 is 23.7 Å². The number of hydrogen-bond donors (Lipinski definition) is 1. The van der Waals surface area contributed by atoms with Crippen LogP contribution in [-0.2, 0) is 33.8 Å². The summed E-state index contributed by atoms with van der Waals surface area (Å²) in [5, 5.41) is 2.74. The zero-order valence-corrected chi connectivity index (χ0v) is 29.0. The molecule has 0 aromatic heterocycles. The van der Waals surface area contributed by atoms with Gasteiger partial charge in [-0.15, -0.1) is 0 Å². The molecule has 49 heavy (non-hydrogen) atoms. The predicted molar refractivity (Wildman–Crippen MR) is 188 cm³/mol. The molecule has 0 heterocycles. The third-order valence-electron chi connectivity index (χ3n) is 6.85. The van der Waals surface area contributed by atoms with Crippen LogP contribution in [0.15, 0.2) is 97.1 Å². The molecule has 0 saturated carbocycles. The molecule has 0 aliphatic heterocycles.